The van der Waals surface area contributed by atoms with E-state index in [9.17, 15) is 19.8 Å². The van der Waals surface area contributed by atoms with Crippen LogP contribution in [0.15, 0.2) is 11.6 Å². The van der Waals surface area contributed by atoms with Crippen LogP contribution < -0.4 is 0 Å². The smallest absolute Gasteiger partial charge is 0.303 e. The van der Waals surface area contributed by atoms with Gasteiger partial charge in [-0.3, -0.25) is 9.59 Å². The number of ketones is 1. The first kappa shape index (κ1) is 20.0. The van der Waals surface area contributed by atoms with Crippen molar-refractivity contribution in [2.75, 3.05) is 0 Å². The number of hydrogen-bond donors (Lipinski definition) is 3. The van der Waals surface area contributed by atoms with Crippen LogP contribution in [-0.2, 0) is 9.59 Å². The van der Waals surface area contributed by atoms with Crippen molar-refractivity contribution in [3.05, 3.63) is 11.6 Å². The molecule has 0 amide bonds. The summed E-state index contributed by atoms with van der Waals surface area (Å²) in [6.07, 6.45) is 3.47. The molecule has 0 aromatic heterocycles. The summed E-state index contributed by atoms with van der Waals surface area (Å²) in [6, 6.07) is 0. The standard InChI is InChI=1S/C22H31FO5/c1-19-8-5-14(24)11-13(19)3-4-16-15-6-9-21(28,10-7-18(26)27)20(15,2)12-17(25)22(16,19)23/h11,15-17,25,28H,3-10,12H2,1-2H3,(H,26,27)/t15?,16?,17-,19-,20-,21+,22-/m0/s1. The molecule has 0 aromatic rings. The monoisotopic (exact) mass is 394 g/mol. The Kier molecular flexibility index (Phi) is 4.37. The molecule has 0 bridgehead atoms. The molecule has 0 spiro atoms. The van der Waals surface area contributed by atoms with Crippen molar-refractivity contribution in [2.45, 2.75) is 89.0 Å². The molecular formula is C22H31FO5. The number of allylic oxidation sites excluding steroid dienone is 1. The molecule has 0 aliphatic heterocycles. The van der Waals surface area contributed by atoms with Crippen molar-refractivity contribution < 1.29 is 29.3 Å². The average Bonchev–Trinajstić information content (AvgIpc) is 2.87. The van der Waals surface area contributed by atoms with Crippen LogP contribution in [0.3, 0.4) is 0 Å². The Bertz CT molecular complexity index is 749. The Morgan fingerprint density at radius 1 is 1.21 bits per heavy atom. The highest BCUT2D eigenvalue weighted by Gasteiger charge is 2.73. The second kappa shape index (κ2) is 6.11. The van der Waals surface area contributed by atoms with Gasteiger partial charge in [0.1, 0.15) is 5.67 Å². The van der Waals surface area contributed by atoms with E-state index in [0.717, 1.165) is 5.57 Å². The molecule has 3 fully saturated rings. The Labute approximate surface area is 165 Å². The second-order valence-electron chi connectivity index (χ2n) is 10.1. The quantitative estimate of drug-likeness (QED) is 0.683. The zero-order chi connectivity index (χ0) is 20.5. The highest BCUT2D eigenvalue weighted by atomic mass is 19.1. The minimum absolute atomic E-state index is 0.0357. The maximum absolute atomic E-state index is 16.9. The first-order valence-electron chi connectivity index (χ1n) is 10.5. The molecule has 2 unspecified atom stereocenters. The Morgan fingerprint density at radius 2 is 1.93 bits per heavy atom. The van der Waals surface area contributed by atoms with Gasteiger partial charge in [-0.05, 0) is 56.9 Å². The highest BCUT2D eigenvalue weighted by molar-refractivity contribution is 5.91. The third kappa shape index (κ3) is 2.37. The van der Waals surface area contributed by atoms with Gasteiger partial charge in [0.25, 0.3) is 0 Å². The van der Waals surface area contributed by atoms with Gasteiger partial charge in [-0.2, -0.15) is 0 Å². The van der Waals surface area contributed by atoms with Gasteiger partial charge in [-0.15, -0.1) is 0 Å². The fourth-order valence-corrected chi connectivity index (χ4v) is 7.39. The molecule has 4 aliphatic carbocycles. The van der Waals surface area contributed by atoms with Crippen molar-refractivity contribution in [1.82, 2.24) is 0 Å². The van der Waals surface area contributed by atoms with Crippen LogP contribution in [0.4, 0.5) is 4.39 Å². The molecule has 28 heavy (non-hydrogen) atoms. The van der Waals surface area contributed by atoms with Crippen LogP contribution in [-0.4, -0.2) is 44.4 Å². The zero-order valence-electron chi connectivity index (χ0n) is 16.7. The Balaban J connectivity index is 1.72. The minimum Gasteiger partial charge on any atom is -0.481 e. The third-order valence-electron chi connectivity index (χ3n) is 9.12. The Hall–Kier alpha value is -1.27. The summed E-state index contributed by atoms with van der Waals surface area (Å²) in [6.45, 7) is 3.77. The summed E-state index contributed by atoms with van der Waals surface area (Å²) in [7, 11) is 0. The SMILES string of the molecule is C[C@]12CCC(=O)C=C1CCC1C3CC[C@@](O)(CCC(=O)O)[C@@]3(C)C[C@H](O)[C@@]12F. The van der Waals surface area contributed by atoms with Crippen molar-refractivity contribution in [3.8, 4) is 0 Å². The molecule has 3 N–H and O–H groups in total. The van der Waals surface area contributed by atoms with E-state index >= 15 is 4.39 Å². The topological polar surface area (TPSA) is 94.8 Å². The lowest BCUT2D eigenvalue weighted by Gasteiger charge is -2.63. The number of carbonyl (C=O) groups is 2. The number of aliphatic hydroxyl groups is 2. The largest absolute Gasteiger partial charge is 0.481 e. The van der Waals surface area contributed by atoms with E-state index in [1.807, 2.05) is 13.8 Å². The van der Waals surface area contributed by atoms with Crippen molar-refractivity contribution in [3.63, 3.8) is 0 Å². The van der Waals surface area contributed by atoms with Gasteiger partial charge >= 0.3 is 5.97 Å². The number of carbonyl (C=O) groups excluding carboxylic acids is 1. The van der Waals surface area contributed by atoms with E-state index in [-0.39, 0.29) is 31.0 Å². The Morgan fingerprint density at radius 3 is 2.61 bits per heavy atom. The third-order valence-corrected chi connectivity index (χ3v) is 9.12. The molecule has 0 saturated heterocycles. The number of fused-ring (bicyclic) bond motifs is 5. The summed E-state index contributed by atoms with van der Waals surface area (Å²) >= 11 is 0. The lowest BCUT2D eigenvalue weighted by molar-refractivity contribution is -0.229. The number of carboxylic acids is 1. The van der Waals surface area contributed by atoms with Gasteiger partial charge < -0.3 is 15.3 Å². The maximum Gasteiger partial charge on any atom is 0.303 e. The number of aliphatic hydroxyl groups excluding tert-OH is 1. The normalized spacial score (nSPS) is 50.4. The van der Waals surface area contributed by atoms with E-state index in [0.29, 0.717) is 38.5 Å². The first-order chi connectivity index (χ1) is 13.0. The number of hydrogen-bond acceptors (Lipinski definition) is 4. The molecule has 7 atom stereocenters. The number of carboxylic acid groups (broad SMARTS) is 1. The van der Waals surface area contributed by atoms with Gasteiger partial charge in [0.15, 0.2) is 5.78 Å². The van der Waals surface area contributed by atoms with Crippen LogP contribution in [0, 0.1) is 22.7 Å². The van der Waals surface area contributed by atoms with E-state index in [2.05, 4.69) is 0 Å². The molecule has 0 radical (unpaired) electrons. The molecule has 6 heteroatoms. The summed E-state index contributed by atoms with van der Waals surface area (Å²) in [5, 5.41) is 31.6. The van der Waals surface area contributed by atoms with E-state index in [1.165, 1.54) is 0 Å². The van der Waals surface area contributed by atoms with Gasteiger partial charge in [0.2, 0.25) is 0 Å². The second-order valence-corrected chi connectivity index (χ2v) is 10.1. The van der Waals surface area contributed by atoms with Crippen LogP contribution in [0.25, 0.3) is 0 Å². The summed E-state index contributed by atoms with van der Waals surface area (Å²) in [4.78, 5) is 23.0. The predicted molar refractivity (Wildman–Crippen MR) is 100 cm³/mol. The van der Waals surface area contributed by atoms with E-state index in [4.69, 9.17) is 5.11 Å². The minimum atomic E-state index is -1.82. The van der Waals surface area contributed by atoms with E-state index in [1.54, 1.807) is 6.08 Å². The van der Waals surface area contributed by atoms with Gasteiger partial charge in [-0.1, -0.05) is 19.4 Å². The fourth-order valence-electron chi connectivity index (χ4n) is 7.39. The maximum atomic E-state index is 16.9. The molecular weight excluding hydrogens is 363 g/mol. The lowest BCUT2D eigenvalue weighted by Crippen LogP contribution is -2.68. The van der Waals surface area contributed by atoms with Gasteiger partial charge in [-0.25, -0.2) is 4.39 Å². The fraction of sp³-hybridized carbons (Fsp3) is 0.818. The molecule has 4 aliphatic rings. The van der Waals surface area contributed by atoms with Crippen molar-refractivity contribution in [1.29, 1.82) is 0 Å². The van der Waals surface area contributed by atoms with Gasteiger partial charge in [0.05, 0.1) is 11.7 Å². The molecule has 0 heterocycles. The molecule has 0 aromatic carbocycles. The number of alkyl halides is 1. The zero-order valence-corrected chi connectivity index (χ0v) is 16.7. The molecule has 3 saturated carbocycles. The number of aliphatic carboxylic acids is 1. The summed E-state index contributed by atoms with van der Waals surface area (Å²) in [5.74, 6) is -1.41. The predicted octanol–water partition coefficient (Wildman–Crippen LogP) is 3.18. The lowest BCUT2D eigenvalue weighted by atomic mass is 9.44. The van der Waals surface area contributed by atoms with Gasteiger partial charge in [0, 0.05) is 29.6 Å². The van der Waals surface area contributed by atoms with Crippen LogP contribution in [0.1, 0.15) is 71.6 Å². The average molecular weight is 394 g/mol. The molecule has 156 valence electrons. The van der Waals surface area contributed by atoms with Crippen molar-refractivity contribution >= 4 is 11.8 Å². The highest BCUT2D eigenvalue weighted by Crippen LogP contribution is 2.70. The van der Waals surface area contributed by atoms with Crippen molar-refractivity contribution in [2.24, 2.45) is 22.7 Å². The van der Waals surface area contributed by atoms with E-state index < -0.39 is 40.1 Å². The van der Waals surface area contributed by atoms with Crippen LogP contribution in [0.5, 0.6) is 0 Å². The first-order valence-corrected chi connectivity index (χ1v) is 10.5. The molecule has 4 rings (SSSR count). The van der Waals surface area contributed by atoms with Crippen LogP contribution >= 0.6 is 0 Å². The summed E-state index contributed by atoms with van der Waals surface area (Å²) < 4.78 is 16.9. The number of halogens is 1. The number of rotatable bonds is 3. The molecule has 5 nitrogen and oxygen atoms in total. The summed E-state index contributed by atoms with van der Waals surface area (Å²) in [5.41, 5.74) is -3.75. The van der Waals surface area contributed by atoms with Crippen LogP contribution in [0.2, 0.25) is 0 Å².